The van der Waals surface area contributed by atoms with E-state index in [0.29, 0.717) is 6.42 Å². The van der Waals surface area contributed by atoms with E-state index in [9.17, 15) is 9.59 Å². The van der Waals surface area contributed by atoms with E-state index in [2.05, 4.69) is 5.32 Å². The molecule has 78 valence electrons. The van der Waals surface area contributed by atoms with Gasteiger partial charge in [0.2, 0.25) is 5.91 Å². The van der Waals surface area contributed by atoms with Crippen LogP contribution in [-0.4, -0.2) is 34.5 Å². The first-order valence-electron chi connectivity index (χ1n) is 4.74. The predicted octanol–water partition coefficient (Wildman–Crippen LogP) is 0.473. The van der Waals surface area contributed by atoms with Crippen LogP contribution in [0.3, 0.4) is 0 Å². The van der Waals surface area contributed by atoms with Crippen molar-refractivity contribution in [3.05, 3.63) is 0 Å². The summed E-state index contributed by atoms with van der Waals surface area (Å²) in [6.45, 7) is 0. The van der Waals surface area contributed by atoms with Crippen molar-refractivity contribution in [2.45, 2.75) is 25.3 Å². The summed E-state index contributed by atoms with van der Waals surface area (Å²) < 4.78 is 0. The van der Waals surface area contributed by atoms with Crippen LogP contribution >= 0.6 is 11.8 Å². The maximum atomic E-state index is 11.3. The Morgan fingerprint density at radius 2 is 2.14 bits per heavy atom. The molecule has 2 rings (SSSR count). The van der Waals surface area contributed by atoms with Crippen molar-refractivity contribution in [3.63, 3.8) is 0 Å². The summed E-state index contributed by atoms with van der Waals surface area (Å²) in [4.78, 5) is 22.2. The van der Waals surface area contributed by atoms with Crippen LogP contribution in [0.4, 0.5) is 0 Å². The second-order valence-electron chi connectivity index (χ2n) is 3.99. The van der Waals surface area contributed by atoms with E-state index < -0.39 is 12.0 Å². The van der Waals surface area contributed by atoms with Crippen LogP contribution in [0.1, 0.15) is 19.3 Å². The van der Waals surface area contributed by atoms with Gasteiger partial charge in [0.25, 0.3) is 0 Å². The molecule has 1 spiro atoms. The number of hydrogen-bond acceptors (Lipinski definition) is 3. The second-order valence-corrected chi connectivity index (χ2v) is 5.22. The third kappa shape index (κ3) is 1.49. The molecule has 2 saturated heterocycles. The third-order valence-electron chi connectivity index (χ3n) is 3.17. The predicted molar refractivity (Wildman–Crippen MR) is 53.2 cm³/mol. The van der Waals surface area contributed by atoms with Gasteiger partial charge in [0, 0.05) is 11.8 Å². The van der Waals surface area contributed by atoms with E-state index in [-0.39, 0.29) is 11.3 Å². The maximum Gasteiger partial charge on any atom is 0.326 e. The summed E-state index contributed by atoms with van der Waals surface area (Å²) in [5.41, 5.74) is -0.297. The smallest absolute Gasteiger partial charge is 0.326 e. The van der Waals surface area contributed by atoms with Gasteiger partial charge in [0.1, 0.15) is 6.04 Å². The van der Waals surface area contributed by atoms with Gasteiger partial charge in [0.15, 0.2) is 0 Å². The molecule has 0 saturated carbocycles. The van der Waals surface area contributed by atoms with Gasteiger partial charge in [-0.1, -0.05) is 0 Å². The Morgan fingerprint density at radius 3 is 2.71 bits per heavy atom. The molecular weight excluding hydrogens is 202 g/mol. The molecule has 14 heavy (non-hydrogen) atoms. The minimum atomic E-state index is -0.886. The number of carboxylic acid groups (broad SMARTS) is 1. The highest BCUT2D eigenvalue weighted by Crippen LogP contribution is 2.44. The zero-order chi connectivity index (χ0) is 10.2. The lowest BCUT2D eigenvalue weighted by Gasteiger charge is -2.34. The highest BCUT2D eigenvalue weighted by Gasteiger charge is 2.50. The first-order chi connectivity index (χ1) is 6.64. The molecule has 2 fully saturated rings. The Labute approximate surface area is 86.4 Å². The Bertz CT molecular complexity index is 273. The van der Waals surface area contributed by atoms with Crippen LogP contribution in [-0.2, 0) is 9.59 Å². The lowest BCUT2D eigenvalue weighted by Crippen LogP contribution is -2.45. The van der Waals surface area contributed by atoms with Gasteiger partial charge >= 0.3 is 5.97 Å². The maximum absolute atomic E-state index is 11.3. The van der Waals surface area contributed by atoms with Crippen LogP contribution in [0, 0.1) is 5.41 Å². The number of amides is 1. The SMILES string of the molecule is O=C1CC2(CCSCC2)C(C(=O)O)N1. The van der Waals surface area contributed by atoms with Crippen LogP contribution in [0.25, 0.3) is 0 Å². The van der Waals surface area contributed by atoms with Crippen LogP contribution in [0.2, 0.25) is 0 Å². The standard InChI is InChI=1S/C9H13NO3S/c11-6-5-9(1-3-14-4-2-9)7(10-6)8(12)13/h7H,1-5H2,(H,10,11)(H,12,13). The van der Waals surface area contributed by atoms with Gasteiger partial charge in [-0.2, -0.15) is 11.8 Å². The van der Waals surface area contributed by atoms with Crippen LogP contribution in [0.15, 0.2) is 0 Å². The number of thioether (sulfide) groups is 1. The average Bonchev–Trinajstić information content (AvgIpc) is 2.44. The van der Waals surface area contributed by atoms with E-state index in [4.69, 9.17) is 5.11 Å². The van der Waals surface area contributed by atoms with E-state index in [1.807, 2.05) is 11.8 Å². The number of hydrogen-bond donors (Lipinski definition) is 2. The number of carboxylic acids is 1. The van der Waals surface area contributed by atoms with Gasteiger partial charge < -0.3 is 10.4 Å². The lowest BCUT2D eigenvalue weighted by molar-refractivity contribution is -0.142. The summed E-state index contributed by atoms with van der Waals surface area (Å²) in [5, 5.41) is 11.6. The molecule has 4 nitrogen and oxygen atoms in total. The van der Waals surface area contributed by atoms with E-state index >= 15 is 0 Å². The number of rotatable bonds is 1. The molecule has 2 aliphatic rings. The highest BCUT2D eigenvalue weighted by atomic mass is 32.2. The van der Waals surface area contributed by atoms with Gasteiger partial charge in [-0.25, -0.2) is 4.79 Å². The highest BCUT2D eigenvalue weighted by molar-refractivity contribution is 7.99. The van der Waals surface area contributed by atoms with Crippen molar-refractivity contribution in [2.75, 3.05) is 11.5 Å². The average molecular weight is 215 g/mol. The Morgan fingerprint density at radius 1 is 1.50 bits per heavy atom. The van der Waals surface area contributed by atoms with Crippen molar-refractivity contribution in [2.24, 2.45) is 5.41 Å². The molecule has 1 unspecified atom stereocenters. The Kier molecular flexibility index (Phi) is 2.43. The molecule has 2 aliphatic heterocycles. The number of aliphatic carboxylic acids is 1. The van der Waals surface area contributed by atoms with Crippen molar-refractivity contribution < 1.29 is 14.7 Å². The Balaban J connectivity index is 2.21. The zero-order valence-corrected chi connectivity index (χ0v) is 8.60. The zero-order valence-electron chi connectivity index (χ0n) is 7.78. The first kappa shape index (κ1) is 9.83. The van der Waals surface area contributed by atoms with Crippen LogP contribution < -0.4 is 5.32 Å². The molecular formula is C9H13NO3S. The minimum Gasteiger partial charge on any atom is -0.480 e. The molecule has 2 N–H and O–H groups in total. The van der Waals surface area contributed by atoms with Gasteiger partial charge in [0.05, 0.1) is 0 Å². The minimum absolute atomic E-state index is 0.107. The van der Waals surface area contributed by atoms with Crippen molar-refractivity contribution in [1.29, 1.82) is 0 Å². The number of carbonyl (C=O) groups is 2. The lowest BCUT2D eigenvalue weighted by atomic mass is 9.75. The number of carbonyl (C=O) groups excluding carboxylic acids is 1. The van der Waals surface area contributed by atoms with Gasteiger partial charge in [-0.05, 0) is 24.3 Å². The fourth-order valence-corrected chi connectivity index (χ4v) is 3.66. The monoisotopic (exact) mass is 215 g/mol. The molecule has 0 aromatic carbocycles. The fourth-order valence-electron chi connectivity index (χ4n) is 2.35. The Hall–Kier alpha value is -0.710. The quantitative estimate of drug-likeness (QED) is 0.667. The van der Waals surface area contributed by atoms with E-state index in [1.165, 1.54) is 0 Å². The molecule has 0 aromatic heterocycles. The van der Waals surface area contributed by atoms with Crippen molar-refractivity contribution >= 4 is 23.6 Å². The molecule has 0 bridgehead atoms. The molecule has 5 heteroatoms. The molecule has 0 radical (unpaired) electrons. The summed E-state index contributed by atoms with van der Waals surface area (Å²) in [7, 11) is 0. The summed E-state index contributed by atoms with van der Waals surface area (Å²) in [6, 6.07) is -0.657. The molecule has 1 amide bonds. The van der Waals surface area contributed by atoms with E-state index in [0.717, 1.165) is 24.3 Å². The second kappa shape index (κ2) is 3.46. The summed E-state index contributed by atoms with van der Waals surface area (Å²) in [6.07, 6.45) is 2.07. The first-order valence-corrected chi connectivity index (χ1v) is 5.89. The van der Waals surface area contributed by atoms with Gasteiger partial charge in [-0.15, -0.1) is 0 Å². The van der Waals surface area contributed by atoms with Gasteiger partial charge in [-0.3, -0.25) is 4.79 Å². The van der Waals surface area contributed by atoms with Crippen molar-refractivity contribution in [1.82, 2.24) is 5.32 Å². The molecule has 2 heterocycles. The number of nitrogens with one attached hydrogen (secondary N) is 1. The third-order valence-corrected chi connectivity index (χ3v) is 4.15. The normalized spacial score (nSPS) is 30.3. The summed E-state index contributed by atoms with van der Waals surface area (Å²) in [5.74, 6) is 0.948. The fraction of sp³-hybridized carbons (Fsp3) is 0.778. The van der Waals surface area contributed by atoms with Crippen molar-refractivity contribution in [3.8, 4) is 0 Å². The molecule has 1 atom stereocenters. The molecule has 0 aromatic rings. The van der Waals surface area contributed by atoms with E-state index in [1.54, 1.807) is 0 Å². The summed E-state index contributed by atoms with van der Waals surface area (Å²) >= 11 is 1.84. The van der Waals surface area contributed by atoms with Crippen LogP contribution in [0.5, 0.6) is 0 Å². The topological polar surface area (TPSA) is 66.4 Å². The molecule has 0 aliphatic carbocycles. The largest absolute Gasteiger partial charge is 0.480 e.